The maximum atomic E-state index is 6.95. The smallest absolute Gasteiger partial charge is 0.238 e. The third-order valence-corrected chi connectivity index (χ3v) is 8.90. The van der Waals surface area contributed by atoms with Crippen LogP contribution >= 0.6 is 0 Å². The predicted octanol–water partition coefficient (Wildman–Crippen LogP) is 10.4. The van der Waals surface area contributed by atoms with Gasteiger partial charge in [-0.2, -0.15) is 0 Å². The molecule has 0 aliphatic carbocycles. The molecule has 1 aliphatic rings. The third-order valence-electron chi connectivity index (χ3n) is 8.90. The van der Waals surface area contributed by atoms with E-state index in [0.29, 0.717) is 62.3 Å². The van der Waals surface area contributed by atoms with Crippen LogP contribution in [0.25, 0.3) is 0 Å². The van der Waals surface area contributed by atoms with Crippen molar-refractivity contribution >= 4 is 0 Å². The first-order valence-electron chi connectivity index (χ1n) is 17.6. The van der Waals surface area contributed by atoms with Crippen molar-refractivity contribution in [2.24, 2.45) is 0 Å². The van der Waals surface area contributed by atoms with Crippen molar-refractivity contribution < 1.29 is 28.4 Å². The standard InChI is InChI=1S/C46H42O6/c1-2-27-51-46(39-23-24-42(48-32-36-17-9-4-10-18-36)45(28-39)50-34-38-21-13-6-14-22-38)26-25-41-43(49-33-37-19-11-5-12-20-37)29-40(30-44(41)52-46)47-31-35-15-7-3-8-16-35/h2-24,28-30H,1,25-27,31-34H2. The minimum atomic E-state index is -1.14. The van der Waals surface area contributed by atoms with Crippen LogP contribution in [0.2, 0.25) is 0 Å². The van der Waals surface area contributed by atoms with Gasteiger partial charge in [-0.1, -0.05) is 127 Å². The maximum Gasteiger partial charge on any atom is 0.238 e. The van der Waals surface area contributed by atoms with Crippen molar-refractivity contribution in [3.63, 3.8) is 0 Å². The summed E-state index contributed by atoms with van der Waals surface area (Å²) in [6.07, 6.45) is 2.91. The first-order chi connectivity index (χ1) is 25.7. The molecule has 0 saturated heterocycles. The Morgan fingerprint density at radius 3 is 1.58 bits per heavy atom. The molecule has 7 rings (SSSR count). The van der Waals surface area contributed by atoms with Crippen LogP contribution in [-0.2, 0) is 43.4 Å². The molecule has 0 radical (unpaired) electrons. The van der Waals surface area contributed by atoms with Gasteiger partial charge in [-0.05, 0) is 46.9 Å². The molecule has 1 heterocycles. The molecule has 0 spiro atoms. The van der Waals surface area contributed by atoms with Crippen LogP contribution in [0, 0.1) is 0 Å². The van der Waals surface area contributed by atoms with Gasteiger partial charge in [-0.25, -0.2) is 0 Å². The van der Waals surface area contributed by atoms with E-state index in [0.717, 1.165) is 39.1 Å². The largest absolute Gasteiger partial charge is 0.489 e. The van der Waals surface area contributed by atoms with Crippen molar-refractivity contribution in [1.29, 1.82) is 0 Å². The molecule has 6 heteroatoms. The zero-order valence-electron chi connectivity index (χ0n) is 29.1. The van der Waals surface area contributed by atoms with Gasteiger partial charge >= 0.3 is 0 Å². The van der Waals surface area contributed by atoms with E-state index in [-0.39, 0.29) is 6.61 Å². The minimum Gasteiger partial charge on any atom is -0.489 e. The number of benzene rings is 6. The van der Waals surface area contributed by atoms with Crippen LogP contribution in [0.1, 0.15) is 39.8 Å². The Morgan fingerprint density at radius 1 is 0.538 bits per heavy atom. The molecule has 52 heavy (non-hydrogen) atoms. The number of rotatable bonds is 16. The molecule has 6 nitrogen and oxygen atoms in total. The number of ether oxygens (including phenoxy) is 6. The van der Waals surface area contributed by atoms with Crippen LogP contribution < -0.4 is 23.7 Å². The molecule has 1 atom stereocenters. The summed E-state index contributed by atoms with van der Waals surface area (Å²) in [7, 11) is 0. The summed E-state index contributed by atoms with van der Waals surface area (Å²) in [5.74, 6) is 2.09. The molecule has 0 aromatic heterocycles. The second-order valence-corrected chi connectivity index (χ2v) is 12.6. The minimum absolute atomic E-state index is 0.281. The van der Waals surface area contributed by atoms with Gasteiger partial charge < -0.3 is 28.4 Å². The zero-order chi connectivity index (χ0) is 35.4. The molecule has 0 saturated carbocycles. The lowest BCUT2D eigenvalue weighted by Gasteiger charge is -2.39. The number of hydrogen-bond donors (Lipinski definition) is 0. The van der Waals surface area contributed by atoms with Gasteiger partial charge in [0.05, 0.1) is 6.61 Å². The quantitative estimate of drug-likeness (QED) is 0.0943. The highest BCUT2D eigenvalue weighted by Gasteiger charge is 2.41. The fourth-order valence-electron chi connectivity index (χ4n) is 6.17. The van der Waals surface area contributed by atoms with Gasteiger partial charge in [0.25, 0.3) is 0 Å². The van der Waals surface area contributed by atoms with Crippen molar-refractivity contribution in [2.75, 3.05) is 6.61 Å². The van der Waals surface area contributed by atoms with Crippen LogP contribution in [0.15, 0.2) is 164 Å². The molecule has 6 aromatic rings. The molecular weight excluding hydrogens is 649 g/mol. The SMILES string of the molecule is C=CCOC1(c2ccc(OCc3ccccc3)c(OCc3ccccc3)c2)CCc2c(OCc3ccccc3)cc(OCc3ccccc3)cc2O1. The summed E-state index contributed by atoms with van der Waals surface area (Å²) >= 11 is 0. The lowest BCUT2D eigenvalue weighted by atomic mass is 9.93. The van der Waals surface area contributed by atoms with E-state index >= 15 is 0 Å². The van der Waals surface area contributed by atoms with Crippen LogP contribution in [0.4, 0.5) is 0 Å². The number of fused-ring (bicyclic) bond motifs is 1. The Balaban J connectivity index is 1.22. The van der Waals surface area contributed by atoms with Gasteiger partial charge in [-0.15, -0.1) is 6.58 Å². The van der Waals surface area contributed by atoms with Gasteiger partial charge in [0, 0.05) is 29.7 Å². The summed E-state index contributed by atoms with van der Waals surface area (Å²) in [4.78, 5) is 0. The summed E-state index contributed by atoms with van der Waals surface area (Å²) in [6, 6.07) is 50.2. The molecule has 1 unspecified atom stereocenters. The molecule has 262 valence electrons. The first-order valence-corrected chi connectivity index (χ1v) is 17.6. The monoisotopic (exact) mass is 690 g/mol. The van der Waals surface area contributed by atoms with E-state index < -0.39 is 5.79 Å². The average molecular weight is 691 g/mol. The normalized spacial score (nSPS) is 14.8. The molecule has 1 aliphatic heterocycles. The highest BCUT2D eigenvalue weighted by Crippen LogP contribution is 2.47. The van der Waals surface area contributed by atoms with E-state index in [1.54, 1.807) is 6.08 Å². The molecule has 0 N–H and O–H groups in total. The first kappa shape index (κ1) is 34.5. The summed E-state index contributed by atoms with van der Waals surface area (Å²) < 4.78 is 39.1. The van der Waals surface area contributed by atoms with Crippen LogP contribution in [0.5, 0.6) is 28.7 Å². The fourth-order valence-corrected chi connectivity index (χ4v) is 6.17. The molecule has 6 aromatic carbocycles. The maximum absolute atomic E-state index is 6.95. The third kappa shape index (κ3) is 8.66. The number of hydrogen-bond acceptors (Lipinski definition) is 6. The Bertz CT molecular complexity index is 2030. The van der Waals surface area contributed by atoms with Crippen molar-refractivity contribution in [3.05, 3.63) is 198 Å². The highest BCUT2D eigenvalue weighted by atomic mass is 16.7. The average Bonchev–Trinajstić information content (AvgIpc) is 3.21. The lowest BCUT2D eigenvalue weighted by molar-refractivity contribution is -0.195. The predicted molar refractivity (Wildman–Crippen MR) is 203 cm³/mol. The molecular formula is C46H42O6. The second kappa shape index (κ2) is 16.8. The van der Waals surface area contributed by atoms with E-state index in [4.69, 9.17) is 28.4 Å². The Morgan fingerprint density at radius 2 is 1.04 bits per heavy atom. The molecule has 0 fully saturated rings. The Kier molecular flexibility index (Phi) is 11.1. The van der Waals surface area contributed by atoms with Gasteiger partial charge in [0.15, 0.2) is 11.5 Å². The van der Waals surface area contributed by atoms with E-state index in [2.05, 4.69) is 18.7 Å². The van der Waals surface area contributed by atoms with Gasteiger partial charge in [0.1, 0.15) is 43.7 Å². The van der Waals surface area contributed by atoms with Crippen molar-refractivity contribution in [2.45, 2.75) is 45.1 Å². The fraction of sp³-hybridized carbons (Fsp3) is 0.174. The van der Waals surface area contributed by atoms with Crippen LogP contribution in [-0.4, -0.2) is 6.61 Å². The van der Waals surface area contributed by atoms with Gasteiger partial charge in [0.2, 0.25) is 5.79 Å². The lowest BCUT2D eigenvalue weighted by Crippen LogP contribution is -2.40. The summed E-state index contributed by atoms with van der Waals surface area (Å²) in [5, 5.41) is 0. The summed E-state index contributed by atoms with van der Waals surface area (Å²) in [5.41, 5.74) is 6.02. The Labute approximate surface area is 305 Å². The Hall–Kier alpha value is -5.98. The molecule has 0 amide bonds. The molecule has 0 bridgehead atoms. The summed E-state index contributed by atoms with van der Waals surface area (Å²) in [6.45, 7) is 5.81. The van der Waals surface area contributed by atoms with Crippen molar-refractivity contribution in [1.82, 2.24) is 0 Å². The van der Waals surface area contributed by atoms with E-state index in [1.807, 2.05) is 140 Å². The highest BCUT2D eigenvalue weighted by molar-refractivity contribution is 5.53. The van der Waals surface area contributed by atoms with E-state index in [1.165, 1.54) is 0 Å². The van der Waals surface area contributed by atoms with E-state index in [9.17, 15) is 0 Å². The van der Waals surface area contributed by atoms with Crippen LogP contribution in [0.3, 0.4) is 0 Å². The zero-order valence-corrected chi connectivity index (χ0v) is 29.1. The van der Waals surface area contributed by atoms with Gasteiger partial charge in [-0.3, -0.25) is 0 Å². The van der Waals surface area contributed by atoms with Crippen molar-refractivity contribution in [3.8, 4) is 28.7 Å². The second-order valence-electron chi connectivity index (χ2n) is 12.6. The topological polar surface area (TPSA) is 55.4 Å².